The van der Waals surface area contributed by atoms with Crippen LogP contribution in [0.5, 0.6) is 11.5 Å². The van der Waals surface area contributed by atoms with Crippen molar-refractivity contribution in [3.63, 3.8) is 0 Å². The first kappa shape index (κ1) is 14.8. The largest absolute Gasteiger partial charge is 0.493 e. The molecule has 5 nitrogen and oxygen atoms in total. The van der Waals surface area contributed by atoms with Gasteiger partial charge in [0, 0.05) is 18.9 Å². The van der Waals surface area contributed by atoms with Gasteiger partial charge in [-0.25, -0.2) is 0 Å². The second-order valence-corrected chi connectivity index (χ2v) is 4.39. The van der Waals surface area contributed by atoms with E-state index in [-0.39, 0.29) is 12.3 Å². The van der Waals surface area contributed by atoms with E-state index in [9.17, 15) is 4.79 Å². The van der Waals surface area contributed by atoms with Crippen LogP contribution in [-0.2, 0) is 11.3 Å². The first-order valence-corrected chi connectivity index (χ1v) is 6.71. The zero-order chi connectivity index (χ0) is 14.9. The number of ether oxygens (including phenoxy) is 2. The van der Waals surface area contributed by atoms with Crippen LogP contribution in [0.3, 0.4) is 0 Å². The summed E-state index contributed by atoms with van der Waals surface area (Å²) < 4.78 is 10.7. The van der Waals surface area contributed by atoms with Gasteiger partial charge >= 0.3 is 0 Å². The zero-order valence-electron chi connectivity index (χ0n) is 11.9. The van der Waals surface area contributed by atoms with Crippen LogP contribution in [0.2, 0.25) is 0 Å². The Hall–Kier alpha value is -2.56. The molecule has 0 aliphatic heterocycles. The molecule has 0 radical (unpaired) electrons. The van der Waals surface area contributed by atoms with Crippen molar-refractivity contribution in [2.24, 2.45) is 0 Å². The van der Waals surface area contributed by atoms with Crippen molar-refractivity contribution in [1.29, 1.82) is 0 Å². The molecule has 1 N–H and O–H groups in total. The third-order valence-electron chi connectivity index (χ3n) is 2.87. The third kappa shape index (κ3) is 4.80. The van der Waals surface area contributed by atoms with E-state index in [1.165, 1.54) is 0 Å². The molecule has 0 atom stereocenters. The highest BCUT2D eigenvalue weighted by atomic mass is 16.5. The molecule has 0 fully saturated rings. The summed E-state index contributed by atoms with van der Waals surface area (Å²) in [5.74, 6) is 1.24. The predicted octanol–water partition coefficient (Wildman–Crippen LogP) is 2.18. The summed E-state index contributed by atoms with van der Waals surface area (Å²) in [4.78, 5) is 15.7. The van der Waals surface area contributed by atoms with Crippen LogP contribution in [0, 0.1) is 0 Å². The Kier molecular flexibility index (Phi) is 5.58. The highest BCUT2D eigenvalue weighted by Crippen LogP contribution is 2.25. The molecule has 110 valence electrons. The molecule has 1 heterocycles. The predicted molar refractivity (Wildman–Crippen MR) is 79.2 cm³/mol. The summed E-state index contributed by atoms with van der Waals surface area (Å²) in [6.45, 7) is 0.778. The average Bonchev–Trinajstić information content (AvgIpc) is 2.54. The van der Waals surface area contributed by atoms with Gasteiger partial charge in [-0.15, -0.1) is 0 Å². The molecule has 0 saturated heterocycles. The lowest BCUT2D eigenvalue weighted by molar-refractivity contribution is -0.121. The van der Waals surface area contributed by atoms with E-state index >= 15 is 0 Å². The van der Waals surface area contributed by atoms with Crippen LogP contribution < -0.4 is 14.8 Å². The van der Waals surface area contributed by atoms with E-state index in [4.69, 9.17) is 9.47 Å². The third-order valence-corrected chi connectivity index (χ3v) is 2.87. The van der Waals surface area contributed by atoms with Gasteiger partial charge < -0.3 is 14.8 Å². The Morgan fingerprint density at radius 1 is 1.19 bits per heavy atom. The highest BCUT2D eigenvalue weighted by molar-refractivity contribution is 5.75. The standard InChI is InChI=1S/C16H18N2O3/c1-20-14-6-2-3-7-15(14)21-10-8-16(19)18-12-13-5-4-9-17-11-13/h2-7,9,11H,8,10,12H2,1H3,(H,18,19). The van der Waals surface area contributed by atoms with Crippen molar-refractivity contribution < 1.29 is 14.3 Å². The Bertz CT molecular complexity index is 573. The van der Waals surface area contributed by atoms with Crippen LogP contribution in [0.25, 0.3) is 0 Å². The second-order valence-electron chi connectivity index (χ2n) is 4.39. The molecular formula is C16H18N2O3. The second kappa shape index (κ2) is 7.89. The smallest absolute Gasteiger partial charge is 0.223 e. The summed E-state index contributed by atoms with van der Waals surface area (Å²) in [7, 11) is 1.59. The fourth-order valence-corrected chi connectivity index (χ4v) is 1.78. The van der Waals surface area contributed by atoms with Gasteiger partial charge in [0.05, 0.1) is 20.1 Å². The number of nitrogens with one attached hydrogen (secondary N) is 1. The molecule has 1 aromatic carbocycles. The molecule has 21 heavy (non-hydrogen) atoms. The number of amides is 1. The molecule has 1 amide bonds. The molecule has 5 heteroatoms. The summed E-state index contributed by atoms with van der Waals surface area (Å²) in [5, 5.41) is 2.82. The average molecular weight is 286 g/mol. The first-order valence-electron chi connectivity index (χ1n) is 6.71. The minimum absolute atomic E-state index is 0.0613. The van der Waals surface area contributed by atoms with Crippen LogP contribution in [0.4, 0.5) is 0 Å². The topological polar surface area (TPSA) is 60.5 Å². The lowest BCUT2D eigenvalue weighted by Crippen LogP contribution is -2.24. The number of benzene rings is 1. The lowest BCUT2D eigenvalue weighted by Gasteiger charge is -2.10. The minimum atomic E-state index is -0.0613. The van der Waals surface area contributed by atoms with Gasteiger partial charge in [-0.2, -0.15) is 0 Å². The molecule has 0 unspecified atom stereocenters. The number of carbonyl (C=O) groups is 1. The molecular weight excluding hydrogens is 268 g/mol. The maximum Gasteiger partial charge on any atom is 0.223 e. The fraction of sp³-hybridized carbons (Fsp3) is 0.250. The van der Waals surface area contributed by atoms with Crippen LogP contribution in [0.15, 0.2) is 48.8 Å². The quantitative estimate of drug-likeness (QED) is 0.847. The van der Waals surface area contributed by atoms with Crippen molar-refractivity contribution in [3.8, 4) is 11.5 Å². The number of rotatable bonds is 7. The summed E-state index contributed by atoms with van der Waals surface area (Å²) >= 11 is 0. The van der Waals surface area contributed by atoms with Gasteiger partial charge in [0.25, 0.3) is 0 Å². The Balaban J connectivity index is 1.72. The van der Waals surface area contributed by atoms with Crippen molar-refractivity contribution in [2.75, 3.05) is 13.7 Å². The van der Waals surface area contributed by atoms with E-state index in [2.05, 4.69) is 10.3 Å². The highest BCUT2D eigenvalue weighted by Gasteiger charge is 2.05. The zero-order valence-corrected chi connectivity index (χ0v) is 11.9. The molecule has 0 bridgehead atoms. The number of methoxy groups -OCH3 is 1. The van der Waals surface area contributed by atoms with Gasteiger partial charge in [-0.05, 0) is 23.8 Å². The van der Waals surface area contributed by atoms with Gasteiger partial charge in [-0.1, -0.05) is 18.2 Å². The summed E-state index contributed by atoms with van der Waals surface area (Å²) in [6.07, 6.45) is 3.72. The fourth-order valence-electron chi connectivity index (χ4n) is 1.78. The van der Waals surface area contributed by atoms with Crippen molar-refractivity contribution >= 4 is 5.91 Å². The Morgan fingerprint density at radius 2 is 2.00 bits per heavy atom. The van der Waals surface area contributed by atoms with Crippen molar-refractivity contribution in [3.05, 3.63) is 54.4 Å². The SMILES string of the molecule is COc1ccccc1OCCC(=O)NCc1cccnc1. The number of hydrogen-bond acceptors (Lipinski definition) is 4. The molecule has 0 saturated carbocycles. The van der Waals surface area contributed by atoms with E-state index in [1.54, 1.807) is 19.5 Å². The minimum Gasteiger partial charge on any atom is -0.493 e. The Morgan fingerprint density at radius 3 is 2.71 bits per heavy atom. The van der Waals surface area contributed by atoms with Crippen LogP contribution in [0.1, 0.15) is 12.0 Å². The number of nitrogens with zero attached hydrogens (tertiary/aromatic N) is 1. The maximum absolute atomic E-state index is 11.7. The number of para-hydroxylation sites is 2. The maximum atomic E-state index is 11.7. The molecule has 1 aromatic heterocycles. The van der Waals surface area contributed by atoms with E-state index in [0.717, 1.165) is 5.56 Å². The summed E-state index contributed by atoms with van der Waals surface area (Å²) in [5.41, 5.74) is 0.969. The van der Waals surface area contributed by atoms with E-state index < -0.39 is 0 Å². The first-order chi connectivity index (χ1) is 10.3. The lowest BCUT2D eigenvalue weighted by atomic mass is 10.3. The number of pyridine rings is 1. The van der Waals surface area contributed by atoms with Crippen LogP contribution >= 0.6 is 0 Å². The number of hydrogen-bond donors (Lipinski definition) is 1. The van der Waals surface area contributed by atoms with E-state index in [1.807, 2.05) is 36.4 Å². The van der Waals surface area contributed by atoms with Gasteiger partial charge in [0.1, 0.15) is 0 Å². The molecule has 0 spiro atoms. The summed E-state index contributed by atoms with van der Waals surface area (Å²) in [6, 6.07) is 11.1. The number of carbonyl (C=O) groups excluding carboxylic acids is 1. The Labute approximate surface area is 123 Å². The molecule has 0 aliphatic rings. The monoisotopic (exact) mass is 286 g/mol. The van der Waals surface area contributed by atoms with Gasteiger partial charge in [0.15, 0.2) is 11.5 Å². The molecule has 2 rings (SSSR count). The molecule has 2 aromatic rings. The van der Waals surface area contributed by atoms with E-state index in [0.29, 0.717) is 24.7 Å². The van der Waals surface area contributed by atoms with Gasteiger partial charge in [0.2, 0.25) is 5.91 Å². The normalized spacial score (nSPS) is 9.95. The van der Waals surface area contributed by atoms with Crippen LogP contribution in [-0.4, -0.2) is 24.6 Å². The molecule has 0 aliphatic carbocycles. The van der Waals surface area contributed by atoms with Crippen molar-refractivity contribution in [1.82, 2.24) is 10.3 Å². The number of aromatic nitrogens is 1. The van der Waals surface area contributed by atoms with Gasteiger partial charge in [-0.3, -0.25) is 9.78 Å². The van der Waals surface area contributed by atoms with Crippen molar-refractivity contribution in [2.45, 2.75) is 13.0 Å².